The van der Waals surface area contributed by atoms with Crippen LogP contribution in [-0.4, -0.2) is 40.7 Å². The van der Waals surface area contributed by atoms with Crippen LogP contribution in [0.15, 0.2) is 85.5 Å². The molecule has 1 amide bonds. The van der Waals surface area contributed by atoms with E-state index in [4.69, 9.17) is 5.10 Å². The molecule has 2 aromatic carbocycles. The van der Waals surface area contributed by atoms with Crippen molar-refractivity contribution in [3.8, 4) is 22.6 Å². The molecule has 0 atom stereocenters. The molecule has 0 saturated heterocycles. The minimum absolute atomic E-state index is 0.203. The second-order valence-corrected chi connectivity index (χ2v) is 7.42. The number of aromatic amines is 1. The van der Waals surface area contributed by atoms with Crippen LogP contribution in [0, 0.1) is 0 Å². The first-order chi connectivity index (χ1) is 16.2. The van der Waals surface area contributed by atoms with Crippen molar-refractivity contribution in [2.45, 2.75) is 0 Å². The van der Waals surface area contributed by atoms with Crippen molar-refractivity contribution in [2.75, 3.05) is 5.32 Å². The number of nitrogens with one attached hydrogen (secondary N) is 2. The molecule has 158 valence electrons. The van der Waals surface area contributed by atoms with Gasteiger partial charge in [-0.1, -0.05) is 12.1 Å². The molecule has 9 heteroatoms. The van der Waals surface area contributed by atoms with Crippen LogP contribution in [0.5, 0.6) is 0 Å². The van der Waals surface area contributed by atoms with E-state index in [0.29, 0.717) is 22.7 Å². The summed E-state index contributed by atoms with van der Waals surface area (Å²) in [6, 6.07) is 20.4. The van der Waals surface area contributed by atoms with Crippen LogP contribution in [0.2, 0.25) is 0 Å². The molecule has 0 aliphatic carbocycles. The summed E-state index contributed by atoms with van der Waals surface area (Å²) in [7, 11) is 0. The quantitative estimate of drug-likeness (QED) is 0.436. The maximum Gasteiger partial charge on any atom is 0.255 e. The van der Waals surface area contributed by atoms with Crippen molar-refractivity contribution in [3.63, 3.8) is 0 Å². The molecule has 6 rings (SSSR count). The zero-order valence-electron chi connectivity index (χ0n) is 17.2. The smallest absolute Gasteiger partial charge is 0.255 e. The van der Waals surface area contributed by atoms with Crippen molar-refractivity contribution in [1.29, 1.82) is 0 Å². The molecule has 0 aliphatic rings. The number of hydrogen-bond donors (Lipinski definition) is 2. The van der Waals surface area contributed by atoms with E-state index in [2.05, 4.69) is 30.5 Å². The monoisotopic (exact) mass is 432 g/mol. The molecule has 0 aliphatic heterocycles. The van der Waals surface area contributed by atoms with E-state index in [-0.39, 0.29) is 5.91 Å². The summed E-state index contributed by atoms with van der Waals surface area (Å²) < 4.78 is 1.70. The molecule has 0 saturated carbocycles. The molecular formula is C24H16N8O. The normalized spacial score (nSPS) is 11.2. The fraction of sp³-hybridized carbons (Fsp3) is 0. The summed E-state index contributed by atoms with van der Waals surface area (Å²) >= 11 is 0. The van der Waals surface area contributed by atoms with Crippen LogP contribution >= 0.6 is 0 Å². The van der Waals surface area contributed by atoms with E-state index in [1.165, 1.54) is 0 Å². The van der Waals surface area contributed by atoms with Gasteiger partial charge in [0.15, 0.2) is 11.5 Å². The average molecular weight is 432 g/mol. The van der Waals surface area contributed by atoms with E-state index in [9.17, 15) is 4.79 Å². The van der Waals surface area contributed by atoms with Gasteiger partial charge in [0, 0.05) is 34.8 Å². The van der Waals surface area contributed by atoms with Gasteiger partial charge in [-0.2, -0.15) is 9.61 Å². The van der Waals surface area contributed by atoms with Gasteiger partial charge < -0.3 is 10.3 Å². The Balaban J connectivity index is 1.31. The first-order valence-electron chi connectivity index (χ1n) is 10.2. The third-order valence-corrected chi connectivity index (χ3v) is 5.30. The molecular weight excluding hydrogens is 416 g/mol. The number of hydrogen-bond acceptors (Lipinski definition) is 6. The van der Waals surface area contributed by atoms with Crippen LogP contribution in [-0.2, 0) is 0 Å². The summed E-state index contributed by atoms with van der Waals surface area (Å²) in [6.45, 7) is 0. The number of aromatic nitrogens is 7. The SMILES string of the molecule is O=C(Nc1cccc(-c2ccc3nnc(-c4ccncc4)n3n2)c1)c1ccc2nc[nH]c2c1. The minimum atomic E-state index is -0.203. The second-order valence-electron chi connectivity index (χ2n) is 7.42. The predicted molar refractivity (Wildman–Crippen MR) is 123 cm³/mol. The molecule has 0 spiro atoms. The van der Waals surface area contributed by atoms with Crippen molar-refractivity contribution in [2.24, 2.45) is 0 Å². The Kier molecular flexibility index (Phi) is 4.36. The van der Waals surface area contributed by atoms with Gasteiger partial charge in [0.05, 0.1) is 23.1 Å². The van der Waals surface area contributed by atoms with Gasteiger partial charge in [-0.05, 0) is 54.6 Å². The largest absolute Gasteiger partial charge is 0.345 e. The van der Waals surface area contributed by atoms with Gasteiger partial charge in [0.2, 0.25) is 0 Å². The third-order valence-electron chi connectivity index (χ3n) is 5.30. The summed E-state index contributed by atoms with van der Waals surface area (Å²) in [6.07, 6.45) is 5.02. The van der Waals surface area contributed by atoms with E-state index < -0.39 is 0 Å². The number of nitrogens with zero attached hydrogens (tertiary/aromatic N) is 6. The number of anilines is 1. The molecule has 2 N–H and O–H groups in total. The van der Waals surface area contributed by atoms with Crippen LogP contribution in [0.3, 0.4) is 0 Å². The van der Waals surface area contributed by atoms with E-state index >= 15 is 0 Å². The fourth-order valence-electron chi connectivity index (χ4n) is 3.66. The molecule has 0 bridgehead atoms. The highest BCUT2D eigenvalue weighted by Crippen LogP contribution is 2.24. The van der Waals surface area contributed by atoms with Crippen molar-refractivity contribution < 1.29 is 4.79 Å². The first-order valence-corrected chi connectivity index (χ1v) is 10.2. The predicted octanol–water partition coefficient (Wildman–Crippen LogP) is 3.98. The van der Waals surface area contributed by atoms with E-state index in [1.54, 1.807) is 35.4 Å². The van der Waals surface area contributed by atoms with E-state index in [1.807, 2.05) is 54.6 Å². The summed E-state index contributed by atoms with van der Waals surface area (Å²) in [5.74, 6) is 0.429. The zero-order valence-corrected chi connectivity index (χ0v) is 17.2. The molecule has 0 radical (unpaired) electrons. The second kappa shape index (κ2) is 7.65. The van der Waals surface area contributed by atoms with Crippen molar-refractivity contribution in [3.05, 3.63) is 91.0 Å². The molecule has 0 fully saturated rings. The number of imidazole rings is 1. The first kappa shape index (κ1) is 18.8. The number of carbonyl (C=O) groups excluding carboxylic acids is 1. The molecule has 4 heterocycles. The third kappa shape index (κ3) is 3.47. The van der Waals surface area contributed by atoms with Gasteiger partial charge in [-0.25, -0.2) is 4.98 Å². The fourth-order valence-corrected chi connectivity index (χ4v) is 3.66. The molecule has 33 heavy (non-hydrogen) atoms. The average Bonchev–Trinajstić information content (AvgIpc) is 3.51. The maximum atomic E-state index is 12.8. The number of pyridine rings is 1. The van der Waals surface area contributed by atoms with Crippen LogP contribution in [0.4, 0.5) is 5.69 Å². The lowest BCUT2D eigenvalue weighted by Crippen LogP contribution is -2.11. The maximum absolute atomic E-state index is 12.8. The lowest BCUT2D eigenvalue weighted by atomic mass is 10.1. The molecule has 0 unspecified atom stereocenters. The van der Waals surface area contributed by atoms with Gasteiger partial charge in [-0.15, -0.1) is 10.2 Å². The topological polar surface area (TPSA) is 114 Å². The Labute approximate surface area is 187 Å². The van der Waals surface area contributed by atoms with Crippen LogP contribution < -0.4 is 5.32 Å². The standard InChI is InChI=1S/C24H16N8O/c33-24(17-4-5-20-21(13-17)27-14-26-20)28-18-3-1-2-16(12-18)19-6-7-22-29-30-23(32(22)31-19)15-8-10-25-11-9-15/h1-14H,(H,26,27)(H,28,33). The van der Waals surface area contributed by atoms with Crippen molar-refractivity contribution in [1.82, 2.24) is 34.8 Å². The Hall–Kier alpha value is -4.92. The number of benzene rings is 2. The highest BCUT2D eigenvalue weighted by atomic mass is 16.1. The van der Waals surface area contributed by atoms with Gasteiger partial charge >= 0.3 is 0 Å². The number of amides is 1. The summed E-state index contributed by atoms with van der Waals surface area (Å²) in [4.78, 5) is 24.0. The number of H-pyrrole nitrogens is 1. The molecule has 6 aromatic rings. The molecule has 9 nitrogen and oxygen atoms in total. The van der Waals surface area contributed by atoms with Gasteiger partial charge in [0.25, 0.3) is 5.91 Å². The highest BCUT2D eigenvalue weighted by Gasteiger charge is 2.12. The minimum Gasteiger partial charge on any atom is -0.345 e. The molecule has 4 aromatic heterocycles. The Morgan fingerprint density at radius 2 is 1.82 bits per heavy atom. The number of carbonyl (C=O) groups is 1. The van der Waals surface area contributed by atoms with E-state index in [0.717, 1.165) is 27.9 Å². The number of rotatable bonds is 4. The van der Waals surface area contributed by atoms with Crippen molar-refractivity contribution >= 4 is 28.3 Å². The Morgan fingerprint density at radius 3 is 2.73 bits per heavy atom. The van der Waals surface area contributed by atoms with Crippen LogP contribution in [0.25, 0.3) is 39.3 Å². The van der Waals surface area contributed by atoms with Gasteiger partial charge in [-0.3, -0.25) is 9.78 Å². The lowest BCUT2D eigenvalue weighted by molar-refractivity contribution is 0.102. The highest BCUT2D eigenvalue weighted by molar-refractivity contribution is 6.06. The Morgan fingerprint density at radius 1 is 0.909 bits per heavy atom. The zero-order chi connectivity index (χ0) is 22.2. The summed E-state index contributed by atoms with van der Waals surface area (Å²) in [5, 5.41) is 16.2. The van der Waals surface area contributed by atoms with Gasteiger partial charge in [0.1, 0.15) is 0 Å². The van der Waals surface area contributed by atoms with Crippen LogP contribution in [0.1, 0.15) is 10.4 Å². The Bertz CT molecular complexity index is 1620. The summed E-state index contributed by atoms with van der Waals surface area (Å²) in [5.41, 5.74) is 5.94. The lowest BCUT2D eigenvalue weighted by Gasteiger charge is -2.08. The number of fused-ring (bicyclic) bond motifs is 2.